The molecule has 0 aliphatic carbocycles. The lowest BCUT2D eigenvalue weighted by Crippen LogP contribution is -2.54. The minimum atomic E-state index is 0.674. The number of fused-ring (bicyclic) bond motifs is 1. The van der Waals surface area contributed by atoms with Crippen molar-refractivity contribution in [3.05, 3.63) is 0 Å². The van der Waals surface area contributed by atoms with E-state index in [2.05, 4.69) is 36.1 Å². The number of nitrogens with zero attached hydrogens (tertiary/aromatic N) is 2. The number of hydrogen-bond donors (Lipinski definition) is 1. The van der Waals surface area contributed by atoms with Gasteiger partial charge in [-0.15, -0.1) is 0 Å². The summed E-state index contributed by atoms with van der Waals surface area (Å²) < 4.78 is 0. The third kappa shape index (κ3) is 3.21. The first kappa shape index (κ1) is 13.3. The molecule has 0 amide bonds. The van der Waals surface area contributed by atoms with Gasteiger partial charge in [0.25, 0.3) is 0 Å². The van der Waals surface area contributed by atoms with Gasteiger partial charge < -0.3 is 15.1 Å². The number of hydrogen-bond acceptors (Lipinski definition) is 3. The molecule has 0 aromatic heterocycles. The summed E-state index contributed by atoms with van der Waals surface area (Å²) >= 11 is 0. The molecule has 0 aromatic carbocycles. The second-order valence-corrected chi connectivity index (χ2v) is 5.89. The number of nitrogens with one attached hydrogen (secondary N) is 1. The maximum Gasteiger partial charge on any atom is 0.0189 e. The Labute approximate surface area is 107 Å². The highest BCUT2D eigenvalue weighted by Gasteiger charge is 2.34. The number of rotatable bonds is 4. The van der Waals surface area contributed by atoms with Crippen LogP contribution in [-0.4, -0.2) is 62.2 Å². The summed E-state index contributed by atoms with van der Waals surface area (Å²) in [6.45, 7) is 7.45. The van der Waals surface area contributed by atoms with Gasteiger partial charge in [-0.1, -0.05) is 6.92 Å². The Hall–Kier alpha value is -0.120. The Balaban J connectivity index is 1.84. The minimum absolute atomic E-state index is 0.674. The van der Waals surface area contributed by atoms with Crippen molar-refractivity contribution in [1.29, 1.82) is 0 Å². The van der Waals surface area contributed by atoms with Crippen molar-refractivity contribution in [2.45, 2.75) is 44.7 Å². The van der Waals surface area contributed by atoms with Crippen molar-refractivity contribution in [1.82, 2.24) is 15.1 Å². The fourth-order valence-corrected chi connectivity index (χ4v) is 3.63. The topological polar surface area (TPSA) is 18.5 Å². The smallest absolute Gasteiger partial charge is 0.0189 e. The van der Waals surface area contributed by atoms with Gasteiger partial charge in [-0.3, -0.25) is 0 Å². The molecule has 2 aliphatic heterocycles. The Morgan fingerprint density at radius 3 is 2.82 bits per heavy atom. The Bertz CT molecular complexity index is 228. The standard InChI is InChI=1S/C14H29N3/c1-4-13(15-2)11-17-9-7-14-12(10-17)6-5-8-16(14)3/h12-15H,4-11H2,1-3H3. The van der Waals surface area contributed by atoms with Crippen LogP contribution in [0, 0.1) is 5.92 Å². The van der Waals surface area contributed by atoms with Crippen LogP contribution in [-0.2, 0) is 0 Å². The molecule has 2 saturated heterocycles. The number of likely N-dealkylation sites (tertiary alicyclic amines) is 2. The molecule has 0 saturated carbocycles. The summed E-state index contributed by atoms with van der Waals surface area (Å²) in [7, 11) is 4.41. The van der Waals surface area contributed by atoms with Gasteiger partial charge in [-0.25, -0.2) is 0 Å². The normalized spacial score (nSPS) is 33.4. The van der Waals surface area contributed by atoms with Crippen LogP contribution in [0.25, 0.3) is 0 Å². The van der Waals surface area contributed by atoms with Crippen molar-refractivity contribution < 1.29 is 0 Å². The third-order valence-electron chi connectivity index (χ3n) is 4.81. The predicted octanol–water partition coefficient (Wildman–Crippen LogP) is 1.40. The SMILES string of the molecule is CCC(CN1CCC2C(CCCN2C)C1)NC. The summed E-state index contributed by atoms with van der Waals surface area (Å²) in [5, 5.41) is 3.43. The molecule has 0 aromatic rings. The zero-order valence-electron chi connectivity index (χ0n) is 11.8. The average molecular weight is 239 g/mol. The molecule has 2 fully saturated rings. The van der Waals surface area contributed by atoms with E-state index in [0.717, 1.165) is 12.0 Å². The summed E-state index contributed by atoms with van der Waals surface area (Å²) in [6.07, 6.45) is 5.46. The fourth-order valence-electron chi connectivity index (χ4n) is 3.63. The highest BCUT2D eigenvalue weighted by atomic mass is 15.2. The van der Waals surface area contributed by atoms with Gasteiger partial charge >= 0.3 is 0 Å². The molecule has 2 aliphatic rings. The van der Waals surface area contributed by atoms with Crippen molar-refractivity contribution in [3.8, 4) is 0 Å². The van der Waals surface area contributed by atoms with Crippen LogP contribution in [0.1, 0.15) is 32.6 Å². The maximum atomic E-state index is 3.43. The van der Waals surface area contributed by atoms with E-state index >= 15 is 0 Å². The fraction of sp³-hybridized carbons (Fsp3) is 1.00. The van der Waals surface area contributed by atoms with Gasteiger partial charge in [0.1, 0.15) is 0 Å². The Morgan fingerprint density at radius 1 is 1.29 bits per heavy atom. The molecule has 2 rings (SSSR count). The minimum Gasteiger partial charge on any atom is -0.316 e. The van der Waals surface area contributed by atoms with Crippen molar-refractivity contribution in [3.63, 3.8) is 0 Å². The third-order valence-corrected chi connectivity index (χ3v) is 4.81. The van der Waals surface area contributed by atoms with Crippen molar-refractivity contribution >= 4 is 0 Å². The first-order chi connectivity index (χ1) is 8.24. The molecule has 3 heteroatoms. The quantitative estimate of drug-likeness (QED) is 0.800. The van der Waals surface area contributed by atoms with Gasteiger partial charge in [0.15, 0.2) is 0 Å². The molecule has 0 bridgehead atoms. The molecule has 0 radical (unpaired) electrons. The van der Waals surface area contributed by atoms with Crippen LogP contribution in [0.15, 0.2) is 0 Å². The van der Waals surface area contributed by atoms with E-state index in [4.69, 9.17) is 0 Å². The second-order valence-electron chi connectivity index (χ2n) is 5.89. The molecule has 100 valence electrons. The predicted molar refractivity (Wildman–Crippen MR) is 73.3 cm³/mol. The van der Waals surface area contributed by atoms with E-state index < -0.39 is 0 Å². The maximum absolute atomic E-state index is 3.43. The highest BCUT2D eigenvalue weighted by Crippen LogP contribution is 2.29. The highest BCUT2D eigenvalue weighted by molar-refractivity contribution is 4.90. The second kappa shape index (κ2) is 6.17. The molecule has 3 unspecified atom stereocenters. The van der Waals surface area contributed by atoms with E-state index in [0.29, 0.717) is 6.04 Å². The van der Waals surface area contributed by atoms with Crippen molar-refractivity contribution in [2.24, 2.45) is 5.92 Å². The largest absolute Gasteiger partial charge is 0.316 e. The first-order valence-electron chi connectivity index (χ1n) is 7.34. The Morgan fingerprint density at radius 2 is 2.12 bits per heavy atom. The summed E-state index contributed by atoms with van der Waals surface area (Å²) in [5.41, 5.74) is 0. The molecule has 17 heavy (non-hydrogen) atoms. The van der Waals surface area contributed by atoms with Gasteiger partial charge in [-0.2, -0.15) is 0 Å². The van der Waals surface area contributed by atoms with E-state index in [1.807, 2.05) is 0 Å². The average Bonchev–Trinajstić information content (AvgIpc) is 2.36. The zero-order valence-corrected chi connectivity index (χ0v) is 11.8. The van der Waals surface area contributed by atoms with Gasteiger partial charge in [0.2, 0.25) is 0 Å². The van der Waals surface area contributed by atoms with Crippen LogP contribution in [0.3, 0.4) is 0 Å². The van der Waals surface area contributed by atoms with Gasteiger partial charge in [0, 0.05) is 25.2 Å². The van der Waals surface area contributed by atoms with E-state index in [1.54, 1.807) is 0 Å². The molecular weight excluding hydrogens is 210 g/mol. The van der Waals surface area contributed by atoms with Crippen LogP contribution in [0.4, 0.5) is 0 Å². The lowest BCUT2D eigenvalue weighted by atomic mass is 9.84. The van der Waals surface area contributed by atoms with Crippen LogP contribution >= 0.6 is 0 Å². The summed E-state index contributed by atoms with van der Waals surface area (Å²) in [6, 6.07) is 1.54. The number of likely N-dealkylation sites (N-methyl/N-ethyl adjacent to an activating group) is 1. The first-order valence-corrected chi connectivity index (χ1v) is 7.34. The van der Waals surface area contributed by atoms with E-state index in [1.165, 1.54) is 51.9 Å². The van der Waals surface area contributed by atoms with Gasteiger partial charge in [-0.05, 0) is 58.8 Å². The molecule has 3 nitrogen and oxygen atoms in total. The molecule has 2 heterocycles. The molecule has 3 atom stereocenters. The van der Waals surface area contributed by atoms with E-state index in [9.17, 15) is 0 Å². The van der Waals surface area contributed by atoms with Gasteiger partial charge in [0.05, 0.1) is 0 Å². The van der Waals surface area contributed by atoms with Crippen LogP contribution in [0.5, 0.6) is 0 Å². The Kier molecular flexibility index (Phi) is 4.83. The molecule has 0 spiro atoms. The van der Waals surface area contributed by atoms with Crippen LogP contribution in [0.2, 0.25) is 0 Å². The van der Waals surface area contributed by atoms with E-state index in [-0.39, 0.29) is 0 Å². The number of piperidine rings is 2. The zero-order chi connectivity index (χ0) is 12.3. The molecular formula is C14H29N3. The van der Waals surface area contributed by atoms with Crippen molar-refractivity contribution in [2.75, 3.05) is 40.3 Å². The summed E-state index contributed by atoms with van der Waals surface area (Å²) in [4.78, 5) is 5.28. The summed E-state index contributed by atoms with van der Waals surface area (Å²) in [5.74, 6) is 0.928. The monoisotopic (exact) mass is 239 g/mol. The lowest BCUT2D eigenvalue weighted by molar-refractivity contribution is 0.0351. The lowest BCUT2D eigenvalue weighted by Gasteiger charge is -2.46. The van der Waals surface area contributed by atoms with Crippen LogP contribution < -0.4 is 5.32 Å². The molecule has 1 N–H and O–H groups in total.